The summed E-state index contributed by atoms with van der Waals surface area (Å²) in [6.07, 6.45) is 0. The number of carbonyl (C=O) groups is 1. The maximum Gasteiger partial charge on any atom is 0.272 e. The van der Waals surface area contributed by atoms with Gasteiger partial charge in [0, 0.05) is 26.7 Å². The number of hydrogen-bond donors (Lipinski definition) is 0. The number of nitrogens with zero attached hydrogens (tertiary/aromatic N) is 4. The van der Waals surface area contributed by atoms with Gasteiger partial charge in [0.05, 0.1) is 5.69 Å². The quantitative estimate of drug-likeness (QED) is 0.776. The third-order valence-electron chi connectivity index (χ3n) is 4.31. The highest BCUT2D eigenvalue weighted by molar-refractivity contribution is 5.92. The molecule has 0 bridgehead atoms. The van der Waals surface area contributed by atoms with E-state index in [-0.39, 0.29) is 5.91 Å². The first-order chi connectivity index (χ1) is 11.8. The number of hydrogen-bond acceptors (Lipinski definition) is 3. The summed E-state index contributed by atoms with van der Waals surface area (Å²) in [5.74, 6) is 0.337. The normalized spacial score (nSPS) is 11.4. The maximum absolute atomic E-state index is 13.1. The lowest BCUT2D eigenvalue weighted by molar-refractivity contribution is 0.0721. The molecule has 2 rings (SSSR count). The van der Waals surface area contributed by atoms with Crippen LogP contribution in [-0.2, 0) is 13.6 Å². The van der Waals surface area contributed by atoms with E-state index in [1.54, 1.807) is 4.68 Å². The highest BCUT2D eigenvalue weighted by atomic mass is 16.2. The Bertz CT molecular complexity index is 701. The molecule has 0 atom stereocenters. The van der Waals surface area contributed by atoms with E-state index in [2.05, 4.69) is 55.0 Å². The Hall–Kier alpha value is -2.14. The van der Waals surface area contributed by atoms with Gasteiger partial charge in [-0.2, -0.15) is 5.10 Å². The fourth-order valence-corrected chi connectivity index (χ4v) is 2.62. The van der Waals surface area contributed by atoms with Crippen LogP contribution >= 0.6 is 0 Å². The van der Waals surface area contributed by atoms with Gasteiger partial charge in [-0.15, -0.1) is 0 Å². The van der Waals surface area contributed by atoms with Crippen molar-refractivity contribution in [2.24, 2.45) is 7.05 Å². The third kappa shape index (κ3) is 5.16. The van der Waals surface area contributed by atoms with Gasteiger partial charge in [-0.05, 0) is 38.6 Å². The molecule has 0 radical (unpaired) electrons. The summed E-state index contributed by atoms with van der Waals surface area (Å²) < 4.78 is 1.70. The summed E-state index contributed by atoms with van der Waals surface area (Å²) in [5, 5.41) is 4.49. The van der Waals surface area contributed by atoms with Crippen LogP contribution < -0.4 is 0 Å². The Morgan fingerprint density at radius 1 is 1.16 bits per heavy atom. The molecule has 136 valence electrons. The van der Waals surface area contributed by atoms with Gasteiger partial charge in [-0.25, -0.2) is 0 Å². The van der Waals surface area contributed by atoms with Crippen LogP contribution in [0.5, 0.6) is 0 Å². The van der Waals surface area contributed by atoms with Crippen molar-refractivity contribution >= 4 is 5.91 Å². The van der Waals surface area contributed by atoms with Crippen LogP contribution in [0, 0.1) is 6.92 Å². The SMILES string of the molecule is Cc1ccc(CN(CCN(C)C)C(=O)c2cc(C(C)C)nn2C)cc1. The standard InChI is InChI=1S/C20H30N4O/c1-15(2)18-13-19(23(6)21-18)20(25)24(12-11-22(4)5)14-17-9-7-16(3)8-10-17/h7-10,13,15H,11-12,14H2,1-6H3. The van der Waals surface area contributed by atoms with Crippen molar-refractivity contribution in [2.45, 2.75) is 33.2 Å². The molecular formula is C20H30N4O. The van der Waals surface area contributed by atoms with E-state index < -0.39 is 0 Å². The number of carbonyl (C=O) groups excluding carboxylic acids is 1. The van der Waals surface area contributed by atoms with Crippen LogP contribution in [0.25, 0.3) is 0 Å². The maximum atomic E-state index is 13.1. The lowest BCUT2D eigenvalue weighted by Crippen LogP contribution is -2.37. The fourth-order valence-electron chi connectivity index (χ4n) is 2.62. The molecular weight excluding hydrogens is 312 g/mol. The van der Waals surface area contributed by atoms with E-state index in [1.165, 1.54) is 5.56 Å². The second-order valence-electron chi connectivity index (χ2n) is 7.25. The highest BCUT2D eigenvalue weighted by Gasteiger charge is 2.21. The zero-order chi connectivity index (χ0) is 18.6. The molecule has 0 aliphatic heterocycles. The first-order valence-electron chi connectivity index (χ1n) is 8.81. The topological polar surface area (TPSA) is 41.4 Å². The van der Waals surface area contributed by atoms with Crippen LogP contribution in [0.15, 0.2) is 30.3 Å². The average molecular weight is 342 g/mol. The van der Waals surface area contributed by atoms with Crippen molar-refractivity contribution in [1.29, 1.82) is 0 Å². The zero-order valence-electron chi connectivity index (χ0n) is 16.3. The summed E-state index contributed by atoms with van der Waals surface area (Å²) >= 11 is 0. The second kappa shape index (κ2) is 8.30. The minimum absolute atomic E-state index is 0.0318. The minimum Gasteiger partial charge on any atom is -0.332 e. The van der Waals surface area contributed by atoms with Crippen LogP contribution in [0.4, 0.5) is 0 Å². The molecule has 0 spiro atoms. The van der Waals surface area contributed by atoms with E-state index in [4.69, 9.17) is 0 Å². The third-order valence-corrected chi connectivity index (χ3v) is 4.31. The van der Waals surface area contributed by atoms with Crippen molar-refractivity contribution in [3.8, 4) is 0 Å². The zero-order valence-corrected chi connectivity index (χ0v) is 16.3. The Morgan fingerprint density at radius 2 is 1.80 bits per heavy atom. The molecule has 5 nitrogen and oxygen atoms in total. The Morgan fingerprint density at radius 3 is 2.32 bits per heavy atom. The molecule has 1 aromatic carbocycles. The number of aromatic nitrogens is 2. The Balaban J connectivity index is 2.24. The molecule has 1 amide bonds. The Kier molecular flexibility index (Phi) is 6.37. The number of amides is 1. The summed E-state index contributed by atoms with van der Waals surface area (Å²) in [4.78, 5) is 17.1. The second-order valence-corrected chi connectivity index (χ2v) is 7.25. The molecule has 0 saturated carbocycles. The summed E-state index contributed by atoms with van der Waals surface area (Å²) in [7, 11) is 5.89. The lowest BCUT2D eigenvalue weighted by Gasteiger charge is -2.24. The van der Waals surface area contributed by atoms with Gasteiger partial charge in [0.1, 0.15) is 5.69 Å². The number of rotatable bonds is 7. The summed E-state index contributed by atoms with van der Waals surface area (Å²) in [6, 6.07) is 10.3. The van der Waals surface area contributed by atoms with Gasteiger partial charge >= 0.3 is 0 Å². The van der Waals surface area contributed by atoms with Crippen molar-refractivity contribution < 1.29 is 4.79 Å². The molecule has 0 aliphatic carbocycles. The first kappa shape index (κ1) is 19.2. The van der Waals surface area contributed by atoms with Crippen LogP contribution in [0.1, 0.15) is 47.1 Å². The van der Waals surface area contributed by atoms with Gasteiger partial charge in [0.25, 0.3) is 5.91 Å². The molecule has 0 N–H and O–H groups in total. The lowest BCUT2D eigenvalue weighted by atomic mass is 10.1. The van der Waals surface area contributed by atoms with Gasteiger partial charge in [-0.3, -0.25) is 9.48 Å². The predicted octanol–water partition coefficient (Wildman–Crippen LogP) is 3.06. The molecule has 0 aliphatic rings. The monoisotopic (exact) mass is 342 g/mol. The molecule has 25 heavy (non-hydrogen) atoms. The fraction of sp³-hybridized carbons (Fsp3) is 0.500. The van der Waals surface area contributed by atoms with Crippen molar-refractivity contribution in [2.75, 3.05) is 27.2 Å². The first-order valence-corrected chi connectivity index (χ1v) is 8.81. The van der Waals surface area contributed by atoms with Crippen LogP contribution in [0.2, 0.25) is 0 Å². The molecule has 1 aromatic heterocycles. The Labute approximate surface area is 151 Å². The predicted molar refractivity (Wildman–Crippen MR) is 102 cm³/mol. The van der Waals surface area contributed by atoms with Gasteiger partial charge in [-0.1, -0.05) is 43.7 Å². The van der Waals surface area contributed by atoms with E-state index in [0.717, 1.165) is 17.8 Å². The van der Waals surface area contributed by atoms with Crippen molar-refractivity contribution in [3.63, 3.8) is 0 Å². The van der Waals surface area contributed by atoms with E-state index in [1.807, 2.05) is 32.1 Å². The molecule has 0 fully saturated rings. The smallest absolute Gasteiger partial charge is 0.272 e. The molecule has 2 aromatic rings. The molecule has 1 heterocycles. The molecule has 0 unspecified atom stereocenters. The van der Waals surface area contributed by atoms with Gasteiger partial charge in [0.2, 0.25) is 0 Å². The van der Waals surface area contributed by atoms with Crippen molar-refractivity contribution in [1.82, 2.24) is 19.6 Å². The van der Waals surface area contributed by atoms with Crippen molar-refractivity contribution in [3.05, 3.63) is 52.8 Å². The van der Waals surface area contributed by atoms with Crippen LogP contribution in [0.3, 0.4) is 0 Å². The van der Waals surface area contributed by atoms with E-state index in [0.29, 0.717) is 24.7 Å². The van der Waals surface area contributed by atoms with Crippen LogP contribution in [-0.4, -0.2) is 52.7 Å². The minimum atomic E-state index is 0.0318. The molecule has 5 heteroatoms. The number of likely N-dealkylation sites (N-methyl/N-ethyl adjacent to an activating group) is 1. The largest absolute Gasteiger partial charge is 0.332 e. The van der Waals surface area contributed by atoms with Gasteiger partial charge in [0.15, 0.2) is 0 Å². The highest BCUT2D eigenvalue weighted by Crippen LogP contribution is 2.16. The van der Waals surface area contributed by atoms with E-state index >= 15 is 0 Å². The van der Waals surface area contributed by atoms with Gasteiger partial charge < -0.3 is 9.80 Å². The molecule has 0 saturated heterocycles. The summed E-state index contributed by atoms with van der Waals surface area (Å²) in [5.41, 5.74) is 3.97. The average Bonchev–Trinajstić information content (AvgIpc) is 2.94. The van der Waals surface area contributed by atoms with E-state index in [9.17, 15) is 4.79 Å². The number of aryl methyl sites for hydroxylation is 2. The number of benzene rings is 1. The summed E-state index contributed by atoms with van der Waals surface area (Å²) in [6.45, 7) is 8.37.